The van der Waals surface area contributed by atoms with Gasteiger partial charge in [0.15, 0.2) is 0 Å². The fourth-order valence-electron chi connectivity index (χ4n) is 1.56. The number of pyridine rings is 1. The highest BCUT2D eigenvalue weighted by molar-refractivity contribution is 6.31. The zero-order valence-corrected chi connectivity index (χ0v) is 11.6. The van der Waals surface area contributed by atoms with Crippen LogP contribution in [0.2, 0.25) is 10.0 Å². The normalized spacial score (nSPS) is 10.3. The number of aromatic nitrogens is 1. The van der Waals surface area contributed by atoms with Gasteiger partial charge in [-0.15, -0.1) is 0 Å². The Kier molecular flexibility index (Phi) is 3.93. The summed E-state index contributed by atoms with van der Waals surface area (Å²) < 4.78 is 0. The van der Waals surface area contributed by atoms with E-state index in [1.165, 1.54) is 17.2 Å². The van der Waals surface area contributed by atoms with Gasteiger partial charge in [-0.2, -0.15) is 0 Å². The minimum atomic E-state index is -0.283. The number of carbonyl (C=O) groups is 1. The molecule has 0 aliphatic rings. The predicted octanol–water partition coefficient (Wildman–Crippen LogP) is 3.25. The summed E-state index contributed by atoms with van der Waals surface area (Å²) in [5, 5.41) is 0.960. The Labute approximate surface area is 120 Å². The topological polar surface area (TPSA) is 59.2 Å². The minimum Gasteiger partial charge on any atom is -0.398 e. The van der Waals surface area contributed by atoms with E-state index in [2.05, 4.69) is 4.98 Å². The third-order valence-electron chi connectivity index (χ3n) is 2.61. The monoisotopic (exact) mass is 295 g/mol. The Morgan fingerprint density at radius 2 is 1.89 bits per heavy atom. The number of hydrogen-bond donors (Lipinski definition) is 1. The zero-order chi connectivity index (χ0) is 14.0. The standard InChI is InChI=1S/C13H11Cl2N3O/c1-18(12-5-3-9(15)7-17-12)13(19)10-6-8(14)2-4-11(10)16/h2-7H,16H2,1H3. The van der Waals surface area contributed by atoms with E-state index in [0.717, 1.165) is 0 Å². The second kappa shape index (κ2) is 5.47. The van der Waals surface area contributed by atoms with Crippen molar-refractivity contribution >= 4 is 40.6 Å². The van der Waals surface area contributed by atoms with E-state index in [0.29, 0.717) is 27.1 Å². The third kappa shape index (κ3) is 2.97. The van der Waals surface area contributed by atoms with Gasteiger partial charge in [-0.05, 0) is 30.3 Å². The number of nitrogens with two attached hydrogens (primary N) is 1. The van der Waals surface area contributed by atoms with Crippen molar-refractivity contribution in [2.75, 3.05) is 17.7 Å². The molecule has 0 aliphatic carbocycles. The van der Waals surface area contributed by atoms with Crippen LogP contribution >= 0.6 is 23.2 Å². The number of amides is 1. The first-order chi connectivity index (χ1) is 8.99. The molecule has 0 radical (unpaired) electrons. The van der Waals surface area contributed by atoms with Crippen LogP contribution in [0.1, 0.15) is 10.4 Å². The highest BCUT2D eigenvalue weighted by Crippen LogP contribution is 2.21. The summed E-state index contributed by atoms with van der Waals surface area (Å²) in [7, 11) is 1.61. The third-order valence-corrected chi connectivity index (χ3v) is 3.06. The summed E-state index contributed by atoms with van der Waals surface area (Å²) in [5.41, 5.74) is 6.49. The molecule has 1 aromatic heterocycles. The number of anilines is 2. The number of carbonyl (C=O) groups excluding carboxylic acids is 1. The number of halogens is 2. The van der Waals surface area contributed by atoms with E-state index < -0.39 is 0 Å². The minimum absolute atomic E-state index is 0.283. The van der Waals surface area contributed by atoms with Gasteiger partial charge in [0.25, 0.3) is 5.91 Å². The molecule has 0 aliphatic heterocycles. The first-order valence-electron chi connectivity index (χ1n) is 5.43. The average Bonchev–Trinajstić information content (AvgIpc) is 2.41. The van der Waals surface area contributed by atoms with Crippen LogP contribution in [0.5, 0.6) is 0 Å². The molecule has 98 valence electrons. The van der Waals surface area contributed by atoms with Crippen LogP contribution in [0.3, 0.4) is 0 Å². The van der Waals surface area contributed by atoms with E-state index in [4.69, 9.17) is 28.9 Å². The van der Waals surface area contributed by atoms with Crippen LogP contribution in [0.15, 0.2) is 36.5 Å². The van der Waals surface area contributed by atoms with Crippen LogP contribution in [0.4, 0.5) is 11.5 Å². The maximum atomic E-state index is 12.3. The number of nitrogens with zero attached hydrogens (tertiary/aromatic N) is 2. The molecule has 2 aromatic rings. The number of benzene rings is 1. The lowest BCUT2D eigenvalue weighted by Crippen LogP contribution is -2.27. The maximum absolute atomic E-state index is 12.3. The molecule has 0 spiro atoms. The fourth-order valence-corrected chi connectivity index (χ4v) is 1.85. The molecule has 6 heteroatoms. The lowest BCUT2D eigenvalue weighted by Gasteiger charge is -2.17. The Hall–Kier alpha value is -1.78. The number of rotatable bonds is 2. The van der Waals surface area contributed by atoms with E-state index in [1.807, 2.05) is 0 Å². The van der Waals surface area contributed by atoms with Crippen molar-refractivity contribution in [3.8, 4) is 0 Å². The summed E-state index contributed by atoms with van der Waals surface area (Å²) in [6.07, 6.45) is 1.47. The van der Waals surface area contributed by atoms with E-state index in [-0.39, 0.29) is 5.91 Å². The van der Waals surface area contributed by atoms with Gasteiger partial charge in [-0.25, -0.2) is 4.98 Å². The van der Waals surface area contributed by atoms with Gasteiger partial charge in [0.05, 0.1) is 10.6 Å². The molecule has 1 heterocycles. The SMILES string of the molecule is CN(C(=O)c1cc(Cl)ccc1N)c1ccc(Cl)cn1. The van der Waals surface area contributed by atoms with Crippen molar-refractivity contribution in [1.82, 2.24) is 4.98 Å². The zero-order valence-electron chi connectivity index (χ0n) is 10.1. The summed E-state index contributed by atoms with van der Waals surface area (Å²) >= 11 is 11.6. The summed E-state index contributed by atoms with van der Waals surface area (Å²) in [6.45, 7) is 0. The predicted molar refractivity (Wildman–Crippen MR) is 77.8 cm³/mol. The van der Waals surface area contributed by atoms with Crippen molar-refractivity contribution in [1.29, 1.82) is 0 Å². The van der Waals surface area contributed by atoms with E-state index >= 15 is 0 Å². The molecule has 1 amide bonds. The molecule has 0 unspecified atom stereocenters. The summed E-state index contributed by atoms with van der Waals surface area (Å²) in [4.78, 5) is 17.8. The highest BCUT2D eigenvalue weighted by Gasteiger charge is 2.17. The first kappa shape index (κ1) is 13.6. The molecule has 2 rings (SSSR count). The van der Waals surface area contributed by atoms with Crippen molar-refractivity contribution in [2.24, 2.45) is 0 Å². The molecule has 0 saturated heterocycles. The van der Waals surface area contributed by atoms with Gasteiger partial charge in [0.1, 0.15) is 5.82 Å². The van der Waals surface area contributed by atoms with Crippen molar-refractivity contribution in [3.63, 3.8) is 0 Å². The molecule has 0 saturated carbocycles. The second-order valence-electron chi connectivity index (χ2n) is 3.93. The molecule has 0 bridgehead atoms. The van der Waals surface area contributed by atoms with Gasteiger partial charge in [0.2, 0.25) is 0 Å². The van der Waals surface area contributed by atoms with Gasteiger partial charge in [-0.3, -0.25) is 9.69 Å². The maximum Gasteiger partial charge on any atom is 0.261 e. The Bertz CT molecular complexity index is 614. The largest absolute Gasteiger partial charge is 0.398 e. The molecule has 4 nitrogen and oxygen atoms in total. The lowest BCUT2D eigenvalue weighted by molar-refractivity contribution is 0.0993. The lowest BCUT2D eigenvalue weighted by atomic mass is 10.1. The number of hydrogen-bond acceptors (Lipinski definition) is 3. The summed E-state index contributed by atoms with van der Waals surface area (Å²) in [6, 6.07) is 8.08. The molecule has 19 heavy (non-hydrogen) atoms. The fraction of sp³-hybridized carbons (Fsp3) is 0.0769. The van der Waals surface area contributed by atoms with E-state index in [9.17, 15) is 4.79 Å². The highest BCUT2D eigenvalue weighted by atomic mass is 35.5. The first-order valence-corrected chi connectivity index (χ1v) is 6.19. The number of nitrogen functional groups attached to an aromatic ring is 1. The van der Waals surface area contributed by atoms with E-state index in [1.54, 1.807) is 31.3 Å². The molecule has 1 aromatic carbocycles. The van der Waals surface area contributed by atoms with Crippen molar-refractivity contribution in [3.05, 3.63) is 52.1 Å². The Morgan fingerprint density at radius 1 is 1.21 bits per heavy atom. The van der Waals surface area contributed by atoms with Crippen LogP contribution in [-0.4, -0.2) is 17.9 Å². The molecular formula is C13H11Cl2N3O. The quantitative estimate of drug-likeness (QED) is 0.865. The van der Waals surface area contributed by atoms with Crippen molar-refractivity contribution < 1.29 is 4.79 Å². The Morgan fingerprint density at radius 3 is 2.53 bits per heavy atom. The van der Waals surface area contributed by atoms with Gasteiger partial charge >= 0.3 is 0 Å². The van der Waals surface area contributed by atoms with Crippen LogP contribution < -0.4 is 10.6 Å². The van der Waals surface area contributed by atoms with Crippen LogP contribution in [0.25, 0.3) is 0 Å². The van der Waals surface area contributed by atoms with Crippen molar-refractivity contribution in [2.45, 2.75) is 0 Å². The van der Waals surface area contributed by atoms with Gasteiger partial charge < -0.3 is 5.73 Å². The van der Waals surface area contributed by atoms with Crippen LogP contribution in [-0.2, 0) is 0 Å². The van der Waals surface area contributed by atoms with Gasteiger partial charge in [0, 0.05) is 24.0 Å². The molecule has 2 N–H and O–H groups in total. The Balaban J connectivity index is 2.33. The molecule has 0 atom stereocenters. The second-order valence-corrected chi connectivity index (χ2v) is 4.80. The molecule has 0 fully saturated rings. The van der Waals surface area contributed by atoms with Gasteiger partial charge in [-0.1, -0.05) is 23.2 Å². The van der Waals surface area contributed by atoms with Crippen LogP contribution in [0, 0.1) is 0 Å². The average molecular weight is 296 g/mol. The smallest absolute Gasteiger partial charge is 0.261 e. The summed E-state index contributed by atoms with van der Waals surface area (Å²) in [5.74, 6) is 0.198. The molecular weight excluding hydrogens is 285 g/mol.